The van der Waals surface area contributed by atoms with E-state index in [1.807, 2.05) is 0 Å². The first-order valence-corrected chi connectivity index (χ1v) is 6.19. The van der Waals surface area contributed by atoms with Crippen molar-refractivity contribution in [2.75, 3.05) is 13.2 Å². The fourth-order valence-electron chi connectivity index (χ4n) is 2.07. The van der Waals surface area contributed by atoms with Gasteiger partial charge in [0.15, 0.2) is 0 Å². The largest absolute Gasteiger partial charge is 0.480 e. The molecule has 0 saturated carbocycles. The first-order chi connectivity index (χ1) is 8.05. The minimum absolute atomic E-state index is 0.198. The third-order valence-electron chi connectivity index (χ3n) is 3.51. The number of carboxylic acids is 1. The first-order valence-electron chi connectivity index (χ1n) is 6.19. The highest BCUT2D eigenvalue weighted by Crippen LogP contribution is 2.19. The molecule has 1 saturated heterocycles. The number of carboxylic acid groups (broad SMARTS) is 1. The lowest BCUT2D eigenvalue weighted by atomic mass is 9.91. The summed E-state index contributed by atoms with van der Waals surface area (Å²) >= 11 is 0. The van der Waals surface area contributed by atoms with E-state index < -0.39 is 11.5 Å². The maximum absolute atomic E-state index is 12.0. The van der Waals surface area contributed by atoms with Crippen LogP contribution in [0.2, 0.25) is 0 Å². The second-order valence-corrected chi connectivity index (χ2v) is 4.50. The Morgan fingerprint density at radius 3 is 2.47 bits per heavy atom. The predicted octanol–water partition coefficient (Wildman–Crippen LogP) is 1.17. The molecule has 1 rings (SSSR count). The second-order valence-electron chi connectivity index (χ2n) is 4.50. The van der Waals surface area contributed by atoms with Crippen molar-refractivity contribution in [3.8, 4) is 0 Å². The Morgan fingerprint density at radius 2 is 2.06 bits per heavy atom. The molecule has 2 N–H and O–H groups in total. The Hall–Kier alpha value is -1.10. The van der Waals surface area contributed by atoms with Crippen LogP contribution in [0.25, 0.3) is 0 Å². The van der Waals surface area contributed by atoms with E-state index in [4.69, 9.17) is 4.74 Å². The molecule has 1 unspecified atom stereocenters. The van der Waals surface area contributed by atoms with Gasteiger partial charge >= 0.3 is 5.97 Å². The van der Waals surface area contributed by atoms with Gasteiger partial charge in [0.1, 0.15) is 5.54 Å². The number of ether oxygens (including phenoxy) is 1. The summed E-state index contributed by atoms with van der Waals surface area (Å²) in [5, 5.41) is 11.9. The van der Waals surface area contributed by atoms with Crippen molar-refractivity contribution in [2.24, 2.45) is 5.92 Å². The van der Waals surface area contributed by atoms with E-state index in [2.05, 4.69) is 5.32 Å². The van der Waals surface area contributed by atoms with E-state index in [1.165, 1.54) is 0 Å². The SMILES string of the molecule is CCC(CC)(NC(=O)C1CCCOC1)C(=O)O. The molecule has 5 nitrogen and oxygen atoms in total. The van der Waals surface area contributed by atoms with Crippen molar-refractivity contribution in [3.05, 3.63) is 0 Å². The van der Waals surface area contributed by atoms with Gasteiger partial charge < -0.3 is 15.2 Å². The summed E-state index contributed by atoms with van der Waals surface area (Å²) in [7, 11) is 0. The topological polar surface area (TPSA) is 75.6 Å². The van der Waals surface area contributed by atoms with Crippen LogP contribution in [0.5, 0.6) is 0 Å². The van der Waals surface area contributed by atoms with Crippen LogP contribution in [0.4, 0.5) is 0 Å². The van der Waals surface area contributed by atoms with Crippen LogP contribution in [0.3, 0.4) is 0 Å². The van der Waals surface area contributed by atoms with Gasteiger partial charge in [0.2, 0.25) is 5.91 Å². The molecule has 0 aromatic rings. The summed E-state index contributed by atoms with van der Waals surface area (Å²) in [5.74, 6) is -1.37. The molecule has 0 bridgehead atoms. The van der Waals surface area contributed by atoms with E-state index >= 15 is 0 Å². The Bertz CT molecular complexity index is 280. The molecule has 1 amide bonds. The summed E-state index contributed by atoms with van der Waals surface area (Å²) < 4.78 is 5.24. The van der Waals surface area contributed by atoms with E-state index in [0.717, 1.165) is 12.8 Å². The number of carbonyl (C=O) groups excluding carboxylic acids is 1. The van der Waals surface area contributed by atoms with Crippen LogP contribution in [-0.4, -0.2) is 35.7 Å². The van der Waals surface area contributed by atoms with Crippen molar-refractivity contribution in [1.29, 1.82) is 0 Å². The molecular formula is C12H21NO4. The molecule has 5 heteroatoms. The average Bonchev–Trinajstić information content (AvgIpc) is 2.36. The van der Waals surface area contributed by atoms with Crippen LogP contribution in [0.1, 0.15) is 39.5 Å². The third kappa shape index (κ3) is 3.19. The predicted molar refractivity (Wildman–Crippen MR) is 62.6 cm³/mol. The zero-order valence-electron chi connectivity index (χ0n) is 10.5. The normalized spacial score (nSPS) is 20.9. The second kappa shape index (κ2) is 6.00. The maximum Gasteiger partial charge on any atom is 0.329 e. The molecule has 17 heavy (non-hydrogen) atoms. The van der Waals surface area contributed by atoms with Gasteiger partial charge in [-0.05, 0) is 25.7 Å². The Kier molecular flexibility index (Phi) is 4.93. The molecule has 1 atom stereocenters. The van der Waals surface area contributed by atoms with Gasteiger partial charge in [0.05, 0.1) is 12.5 Å². The van der Waals surface area contributed by atoms with E-state index in [9.17, 15) is 14.7 Å². The fraction of sp³-hybridized carbons (Fsp3) is 0.833. The van der Waals surface area contributed by atoms with E-state index in [-0.39, 0.29) is 11.8 Å². The van der Waals surface area contributed by atoms with Gasteiger partial charge in [-0.3, -0.25) is 4.79 Å². The standard InChI is InChI=1S/C12H21NO4/c1-3-12(4-2,11(15)16)13-10(14)9-6-5-7-17-8-9/h9H,3-8H2,1-2H3,(H,13,14)(H,15,16). The van der Waals surface area contributed by atoms with Crippen LogP contribution >= 0.6 is 0 Å². The molecule has 0 aromatic heterocycles. The zero-order valence-corrected chi connectivity index (χ0v) is 10.5. The van der Waals surface area contributed by atoms with Crippen LogP contribution in [-0.2, 0) is 14.3 Å². The van der Waals surface area contributed by atoms with Gasteiger partial charge in [-0.15, -0.1) is 0 Å². The van der Waals surface area contributed by atoms with Crippen LogP contribution in [0, 0.1) is 5.92 Å². The highest BCUT2D eigenvalue weighted by molar-refractivity contribution is 5.88. The number of carbonyl (C=O) groups is 2. The average molecular weight is 243 g/mol. The molecule has 1 fully saturated rings. The molecule has 1 heterocycles. The van der Waals surface area contributed by atoms with Gasteiger partial charge in [-0.1, -0.05) is 13.8 Å². The monoisotopic (exact) mass is 243 g/mol. The van der Waals surface area contributed by atoms with E-state index in [1.54, 1.807) is 13.8 Å². The Morgan fingerprint density at radius 1 is 1.41 bits per heavy atom. The molecule has 1 aliphatic heterocycles. The number of amides is 1. The Labute approximate surface area is 102 Å². The highest BCUT2D eigenvalue weighted by Gasteiger charge is 2.38. The van der Waals surface area contributed by atoms with Crippen molar-refractivity contribution in [1.82, 2.24) is 5.32 Å². The quantitative estimate of drug-likeness (QED) is 0.760. The van der Waals surface area contributed by atoms with Gasteiger partial charge in [-0.25, -0.2) is 4.79 Å². The van der Waals surface area contributed by atoms with Crippen molar-refractivity contribution in [2.45, 2.75) is 45.1 Å². The molecular weight excluding hydrogens is 222 g/mol. The first kappa shape index (κ1) is 14.0. The van der Waals surface area contributed by atoms with Gasteiger partial charge in [0.25, 0.3) is 0 Å². The van der Waals surface area contributed by atoms with Crippen molar-refractivity contribution in [3.63, 3.8) is 0 Å². The molecule has 0 aromatic carbocycles. The minimum Gasteiger partial charge on any atom is -0.480 e. The van der Waals surface area contributed by atoms with E-state index in [0.29, 0.717) is 26.1 Å². The summed E-state index contributed by atoms with van der Waals surface area (Å²) in [4.78, 5) is 23.2. The van der Waals surface area contributed by atoms with Crippen LogP contribution in [0.15, 0.2) is 0 Å². The molecule has 1 aliphatic rings. The van der Waals surface area contributed by atoms with Crippen molar-refractivity contribution < 1.29 is 19.4 Å². The minimum atomic E-state index is -1.13. The lowest BCUT2D eigenvalue weighted by molar-refractivity contribution is -0.149. The molecule has 98 valence electrons. The van der Waals surface area contributed by atoms with Gasteiger partial charge in [0, 0.05) is 6.61 Å². The highest BCUT2D eigenvalue weighted by atomic mass is 16.5. The number of hydrogen-bond acceptors (Lipinski definition) is 3. The smallest absolute Gasteiger partial charge is 0.329 e. The summed E-state index contributed by atoms with van der Waals surface area (Å²) in [6, 6.07) is 0. The third-order valence-corrected chi connectivity index (χ3v) is 3.51. The van der Waals surface area contributed by atoms with Gasteiger partial charge in [-0.2, -0.15) is 0 Å². The van der Waals surface area contributed by atoms with Crippen molar-refractivity contribution >= 4 is 11.9 Å². The number of hydrogen-bond donors (Lipinski definition) is 2. The summed E-state index contributed by atoms with van der Waals surface area (Å²) in [5.41, 5.74) is -1.13. The molecule has 0 spiro atoms. The number of rotatable bonds is 5. The zero-order chi connectivity index (χ0) is 12.9. The van der Waals surface area contributed by atoms with Crippen LogP contribution < -0.4 is 5.32 Å². The number of aliphatic carboxylic acids is 1. The summed E-state index contributed by atoms with van der Waals surface area (Å²) in [6.45, 7) is 4.63. The lowest BCUT2D eigenvalue weighted by Gasteiger charge is -2.31. The molecule has 0 radical (unpaired) electrons. The lowest BCUT2D eigenvalue weighted by Crippen LogP contribution is -2.55. The maximum atomic E-state index is 12.0. The fourth-order valence-corrected chi connectivity index (χ4v) is 2.07. The summed E-state index contributed by atoms with van der Waals surface area (Å²) in [6.07, 6.45) is 2.40. The number of nitrogens with one attached hydrogen (secondary N) is 1. The Balaban J connectivity index is 2.66. The molecule has 0 aliphatic carbocycles.